The summed E-state index contributed by atoms with van der Waals surface area (Å²) in [5.41, 5.74) is 20.1. The molecule has 0 saturated heterocycles. The molecule has 17 aromatic rings. The Hall–Kier alpha value is -11.7. The van der Waals surface area contributed by atoms with Crippen LogP contribution < -0.4 is 9.80 Å². The number of hydrogen-bond donors (Lipinski definition) is 0. The Morgan fingerprint density at radius 2 is 0.652 bits per heavy atom. The van der Waals surface area contributed by atoms with E-state index in [1.54, 1.807) is 0 Å². The van der Waals surface area contributed by atoms with Crippen molar-refractivity contribution in [1.29, 1.82) is 0 Å². The number of rotatable bonds is 10. The molecule has 0 radical (unpaired) electrons. The highest BCUT2D eigenvalue weighted by Gasteiger charge is 2.48. The third kappa shape index (κ3) is 7.67. The fourth-order valence-corrected chi connectivity index (χ4v) is 14.9. The Morgan fingerprint density at radius 3 is 1.17 bits per heavy atom. The standard InChI is InChI=1S/C85H54N2O2/c1-7-27-55(28-8-1)78-64-41-21-19-31-57(64)51-71-68-45-25-47-75(81(68)88-83(71)78)86(61-37-15-5-16-38-61)63-49-50-70-73(53-63)85(59-33-11-3-12-34-59,60-35-13-4-14-36-60)74-54-77(66-43-23-24-44-67(66)80(70)74)87(62-39-17-6-18-40-62)76-48-26-46-69-72-52-58-32-20-22-42-65(58)79(84(72)89-82(69)76)56-29-9-2-10-30-56/h1-54H. The van der Waals surface area contributed by atoms with Crippen molar-refractivity contribution in [2.24, 2.45) is 0 Å². The minimum Gasteiger partial charge on any atom is -0.453 e. The predicted octanol–water partition coefficient (Wildman–Crippen LogP) is 23.6. The van der Waals surface area contributed by atoms with Gasteiger partial charge in [0.05, 0.1) is 22.5 Å². The van der Waals surface area contributed by atoms with Gasteiger partial charge in [-0.05, 0) is 138 Å². The summed E-state index contributed by atoms with van der Waals surface area (Å²) in [7, 11) is 0. The Balaban J connectivity index is 0.910. The number of fused-ring (bicyclic) bond motifs is 13. The van der Waals surface area contributed by atoms with Crippen LogP contribution in [0.3, 0.4) is 0 Å². The first-order valence-corrected chi connectivity index (χ1v) is 30.6. The third-order valence-corrected chi connectivity index (χ3v) is 18.6. The number of nitrogens with zero attached hydrogens (tertiary/aromatic N) is 2. The molecule has 0 amide bonds. The summed E-state index contributed by atoms with van der Waals surface area (Å²) < 4.78 is 14.9. The molecule has 416 valence electrons. The van der Waals surface area contributed by atoms with Gasteiger partial charge >= 0.3 is 0 Å². The lowest BCUT2D eigenvalue weighted by molar-refractivity contribution is 0.670. The van der Waals surface area contributed by atoms with Gasteiger partial charge in [-0.2, -0.15) is 0 Å². The van der Waals surface area contributed by atoms with Gasteiger partial charge in [-0.25, -0.2) is 0 Å². The molecule has 0 atom stereocenters. The molecule has 0 N–H and O–H groups in total. The number of furan rings is 2. The van der Waals surface area contributed by atoms with Gasteiger partial charge in [-0.1, -0.05) is 261 Å². The second kappa shape index (κ2) is 20.2. The molecule has 0 spiro atoms. The molecule has 0 unspecified atom stereocenters. The molecule has 18 rings (SSSR count). The van der Waals surface area contributed by atoms with Gasteiger partial charge in [-0.15, -0.1) is 0 Å². The molecule has 0 bridgehead atoms. The van der Waals surface area contributed by atoms with E-state index in [2.05, 4.69) is 337 Å². The summed E-state index contributed by atoms with van der Waals surface area (Å²) in [5, 5.41) is 11.2. The molecular formula is C85H54N2O2. The van der Waals surface area contributed by atoms with Crippen molar-refractivity contribution in [1.82, 2.24) is 0 Å². The van der Waals surface area contributed by atoms with E-state index in [9.17, 15) is 0 Å². The number of anilines is 6. The van der Waals surface area contributed by atoms with E-state index in [0.717, 1.165) is 122 Å². The largest absolute Gasteiger partial charge is 0.453 e. The second-order valence-electron chi connectivity index (χ2n) is 23.4. The van der Waals surface area contributed by atoms with E-state index in [1.807, 2.05) is 0 Å². The highest BCUT2D eigenvalue weighted by molar-refractivity contribution is 6.22. The molecule has 0 saturated carbocycles. The van der Waals surface area contributed by atoms with Crippen molar-refractivity contribution in [2.75, 3.05) is 9.80 Å². The van der Waals surface area contributed by atoms with Crippen molar-refractivity contribution >= 4 is 110 Å². The van der Waals surface area contributed by atoms with Gasteiger partial charge < -0.3 is 18.6 Å². The quantitative estimate of drug-likeness (QED) is 0.137. The van der Waals surface area contributed by atoms with Crippen LogP contribution in [0.5, 0.6) is 0 Å². The first-order valence-electron chi connectivity index (χ1n) is 30.6. The number of para-hydroxylation sites is 4. The molecule has 2 heterocycles. The summed E-state index contributed by atoms with van der Waals surface area (Å²) in [6, 6.07) is 119. The number of benzene rings is 15. The maximum absolute atomic E-state index is 7.48. The van der Waals surface area contributed by atoms with Crippen LogP contribution in [0.25, 0.3) is 110 Å². The van der Waals surface area contributed by atoms with E-state index >= 15 is 0 Å². The molecule has 89 heavy (non-hydrogen) atoms. The van der Waals surface area contributed by atoms with Crippen molar-refractivity contribution in [3.63, 3.8) is 0 Å². The van der Waals surface area contributed by atoms with Gasteiger partial charge in [0.2, 0.25) is 0 Å². The van der Waals surface area contributed by atoms with E-state index in [1.165, 1.54) is 44.2 Å². The summed E-state index contributed by atoms with van der Waals surface area (Å²) >= 11 is 0. The molecule has 2 aromatic heterocycles. The minimum atomic E-state index is -0.821. The maximum Gasteiger partial charge on any atom is 0.159 e. The fraction of sp³-hybridized carbons (Fsp3) is 0.0118. The highest BCUT2D eigenvalue weighted by atomic mass is 16.3. The molecule has 4 nitrogen and oxygen atoms in total. The van der Waals surface area contributed by atoms with Crippen LogP contribution in [-0.4, -0.2) is 0 Å². The van der Waals surface area contributed by atoms with Crippen molar-refractivity contribution in [2.45, 2.75) is 5.41 Å². The number of hydrogen-bond acceptors (Lipinski definition) is 4. The van der Waals surface area contributed by atoms with Gasteiger partial charge in [0, 0.05) is 55.1 Å². The Kier molecular flexibility index (Phi) is 11.5. The van der Waals surface area contributed by atoms with Gasteiger partial charge in [0.25, 0.3) is 0 Å². The molecule has 1 aliphatic rings. The monoisotopic (exact) mass is 1130 g/mol. The zero-order chi connectivity index (χ0) is 58.6. The van der Waals surface area contributed by atoms with Crippen LogP contribution in [0.4, 0.5) is 34.1 Å². The van der Waals surface area contributed by atoms with Crippen LogP contribution in [0, 0.1) is 0 Å². The van der Waals surface area contributed by atoms with Gasteiger partial charge in [0.15, 0.2) is 11.2 Å². The SMILES string of the molecule is c1ccc(-c2c3ccccc3cc3c2oc2c(N(c4ccccc4)c4ccc5c(c4)C(c4ccccc4)(c4ccccc4)c4cc(N(c6ccccc6)c6cccc7c6oc6c(-c8ccccc8)c8ccccc8cc67)c6ccccc6c4-5)cccc23)cc1. The molecule has 0 aliphatic heterocycles. The Labute approximate surface area is 514 Å². The molecule has 1 aliphatic carbocycles. The smallest absolute Gasteiger partial charge is 0.159 e. The first kappa shape index (κ1) is 50.6. The normalized spacial score (nSPS) is 12.6. The van der Waals surface area contributed by atoms with Crippen LogP contribution in [-0.2, 0) is 5.41 Å². The lowest BCUT2D eigenvalue weighted by atomic mass is 9.67. The summed E-state index contributed by atoms with van der Waals surface area (Å²) in [6.45, 7) is 0. The van der Waals surface area contributed by atoms with Crippen molar-refractivity contribution < 1.29 is 8.83 Å². The van der Waals surface area contributed by atoms with Gasteiger partial charge in [-0.3, -0.25) is 0 Å². The van der Waals surface area contributed by atoms with Crippen LogP contribution in [0.1, 0.15) is 22.3 Å². The maximum atomic E-state index is 7.48. The zero-order valence-electron chi connectivity index (χ0n) is 48.4. The van der Waals surface area contributed by atoms with E-state index in [4.69, 9.17) is 8.83 Å². The van der Waals surface area contributed by atoms with E-state index < -0.39 is 5.41 Å². The molecular weight excluding hydrogens is 1080 g/mol. The first-order chi connectivity index (χ1) is 44.2. The average molecular weight is 1140 g/mol. The van der Waals surface area contributed by atoms with Crippen molar-refractivity contribution in [3.05, 3.63) is 350 Å². The highest BCUT2D eigenvalue weighted by Crippen LogP contribution is 2.61. The lowest BCUT2D eigenvalue weighted by Crippen LogP contribution is -2.29. The van der Waals surface area contributed by atoms with Crippen LogP contribution in [0.15, 0.2) is 336 Å². The zero-order valence-corrected chi connectivity index (χ0v) is 48.4. The van der Waals surface area contributed by atoms with E-state index in [0.29, 0.717) is 0 Å². The Morgan fingerprint density at radius 1 is 0.236 bits per heavy atom. The lowest BCUT2D eigenvalue weighted by Gasteiger charge is -2.36. The summed E-state index contributed by atoms with van der Waals surface area (Å²) in [6.07, 6.45) is 0. The molecule has 15 aromatic carbocycles. The Bertz CT molecular complexity index is 5560. The summed E-state index contributed by atoms with van der Waals surface area (Å²) in [5.74, 6) is 0. The summed E-state index contributed by atoms with van der Waals surface area (Å²) in [4.78, 5) is 4.85. The molecule has 0 fully saturated rings. The fourth-order valence-electron chi connectivity index (χ4n) is 14.9. The minimum absolute atomic E-state index is 0.818. The topological polar surface area (TPSA) is 32.8 Å². The molecule has 4 heteroatoms. The average Bonchev–Trinajstić information content (AvgIpc) is 1.81. The van der Waals surface area contributed by atoms with Crippen LogP contribution >= 0.6 is 0 Å². The van der Waals surface area contributed by atoms with Crippen molar-refractivity contribution in [3.8, 4) is 33.4 Å². The second-order valence-corrected chi connectivity index (χ2v) is 23.4. The third-order valence-electron chi connectivity index (χ3n) is 18.6. The van der Waals surface area contributed by atoms with Crippen LogP contribution in [0.2, 0.25) is 0 Å². The predicted molar refractivity (Wildman–Crippen MR) is 371 cm³/mol. The van der Waals surface area contributed by atoms with E-state index in [-0.39, 0.29) is 0 Å². The van der Waals surface area contributed by atoms with Gasteiger partial charge in [0.1, 0.15) is 11.2 Å².